The van der Waals surface area contributed by atoms with Gasteiger partial charge in [0.2, 0.25) is 0 Å². The molecule has 0 unspecified atom stereocenters. The Morgan fingerprint density at radius 1 is 1.17 bits per heavy atom. The van der Waals surface area contributed by atoms with E-state index in [9.17, 15) is 0 Å². The molecule has 0 amide bonds. The first kappa shape index (κ1) is 9.45. The molecule has 0 radical (unpaired) electrons. The summed E-state index contributed by atoms with van der Waals surface area (Å²) in [6.07, 6.45) is 3.38. The fraction of sp³-hybridized carbons (Fsp3) is 0.333. The topological polar surface area (TPSA) is 25.8 Å². The van der Waals surface area contributed by atoms with Gasteiger partial charge in [-0.1, -0.05) is 19.6 Å². The van der Waals surface area contributed by atoms with Crippen LogP contribution in [0, 0.1) is 13.8 Å². The zero-order chi connectivity index (χ0) is 15.8. The summed E-state index contributed by atoms with van der Waals surface area (Å²) in [6, 6.07) is 5.68. The van der Waals surface area contributed by atoms with Gasteiger partial charge >= 0.3 is 0 Å². The number of aryl methyl sites for hydroxylation is 2. The second-order valence-electron chi connectivity index (χ2n) is 5.53. The third-order valence-electron chi connectivity index (χ3n) is 2.94. The summed E-state index contributed by atoms with van der Waals surface area (Å²) >= 11 is 0. The predicted molar refractivity (Wildman–Crippen MR) is 79.9 cm³/mol. The third-order valence-corrected chi connectivity index (χ3v) is 5.07. The van der Waals surface area contributed by atoms with Crippen LogP contribution in [-0.4, -0.2) is 18.0 Å². The Kier molecular flexibility index (Phi) is 2.44. The van der Waals surface area contributed by atoms with Crippen LogP contribution in [0.15, 0.2) is 30.6 Å². The Labute approximate surface area is 114 Å². The van der Waals surface area contributed by atoms with Gasteiger partial charge in [0, 0.05) is 27.8 Å². The largest absolute Gasteiger partial charge is 0.265 e. The molecule has 0 saturated carbocycles. The number of hydrogen-bond acceptors (Lipinski definition) is 2. The molecule has 0 N–H and O–H groups in total. The fourth-order valence-electron chi connectivity index (χ4n) is 2.29. The quantitative estimate of drug-likeness (QED) is 0.773. The maximum atomic E-state index is 7.83. The lowest BCUT2D eigenvalue weighted by Crippen LogP contribution is -2.42. The van der Waals surface area contributed by atoms with Crippen LogP contribution in [0.2, 0.25) is 19.6 Å². The highest BCUT2D eigenvalue weighted by Gasteiger charge is 2.22. The normalized spacial score (nSPS) is 14.8. The molecule has 18 heavy (non-hydrogen) atoms. The Bertz CT molecular complexity index is 646. The number of pyridine rings is 2. The third kappa shape index (κ3) is 2.51. The Balaban J connectivity index is 2.73. The van der Waals surface area contributed by atoms with Crippen molar-refractivity contribution in [3.05, 3.63) is 41.9 Å². The van der Waals surface area contributed by atoms with E-state index in [1.165, 1.54) is 0 Å². The van der Waals surface area contributed by atoms with Gasteiger partial charge < -0.3 is 0 Å². The van der Waals surface area contributed by atoms with E-state index in [4.69, 9.17) is 4.11 Å². The van der Waals surface area contributed by atoms with Gasteiger partial charge in [-0.25, -0.2) is 0 Å². The van der Waals surface area contributed by atoms with Gasteiger partial charge in [0.15, 0.2) is 0 Å². The van der Waals surface area contributed by atoms with Gasteiger partial charge in [0.25, 0.3) is 0 Å². The molecule has 0 aliphatic carbocycles. The maximum Gasteiger partial charge on any atom is 0.0803 e. The van der Waals surface area contributed by atoms with E-state index in [1.807, 2.05) is 25.1 Å². The first-order valence-corrected chi connectivity index (χ1v) is 9.53. The van der Waals surface area contributed by atoms with Gasteiger partial charge in [0.05, 0.1) is 13.8 Å². The number of aromatic nitrogens is 2. The first-order valence-electron chi connectivity index (χ1n) is 7.53. The van der Waals surface area contributed by atoms with Crippen LogP contribution in [-0.2, 0) is 0 Å². The van der Waals surface area contributed by atoms with Gasteiger partial charge in [0.1, 0.15) is 0 Å². The van der Waals surface area contributed by atoms with Crippen molar-refractivity contribution in [2.45, 2.75) is 33.4 Å². The molecule has 0 fully saturated rings. The molecular weight excluding hydrogens is 236 g/mol. The summed E-state index contributed by atoms with van der Waals surface area (Å²) in [5.74, 6) is 0. The smallest absolute Gasteiger partial charge is 0.0803 e. The summed E-state index contributed by atoms with van der Waals surface area (Å²) in [5, 5.41) is 0.945. The van der Waals surface area contributed by atoms with Gasteiger partial charge in [-0.2, -0.15) is 0 Å². The summed E-state index contributed by atoms with van der Waals surface area (Å²) in [4.78, 5) is 8.48. The van der Waals surface area contributed by atoms with E-state index in [2.05, 4.69) is 29.6 Å². The standard InChI is InChI=1S/C15H20N2Si/c1-11-10-14(13-6-8-16-9-7-13)17-12(2)15(11)18(3,4)5/h6-10H,1-5H3/i2D3. The van der Waals surface area contributed by atoms with Crippen molar-refractivity contribution in [1.82, 2.24) is 9.97 Å². The van der Waals surface area contributed by atoms with Crippen molar-refractivity contribution in [2.24, 2.45) is 0 Å². The van der Waals surface area contributed by atoms with Crippen LogP contribution in [0.1, 0.15) is 15.4 Å². The fourth-order valence-corrected chi connectivity index (χ4v) is 4.31. The Hall–Kier alpha value is -1.48. The van der Waals surface area contributed by atoms with E-state index in [0.717, 1.165) is 16.3 Å². The average Bonchev–Trinajstić information content (AvgIpc) is 2.36. The highest BCUT2D eigenvalue weighted by Crippen LogP contribution is 2.19. The van der Waals surface area contributed by atoms with Crippen molar-refractivity contribution >= 4 is 13.3 Å². The van der Waals surface area contributed by atoms with Crippen LogP contribution in [0.4, 0.5) is 0 Å². The number of hydrogen-bond donors (Lipinski definition) is 0. The Morgan fingerprint density at radius 3 is 2.39 bits per heavy atom. The molecule has 2 heterocycles. The van der Waals surface area contributed by atoms with Crippen molar-refractivity contribution in [3.63, 3.8) is 0 Å². The minimum absolute atomic E-state index is 0.258. The molecule has 2 aromatic rings. The molecule has 2 aromatic heterocycles. The van der Waals surface area contributed by atoms with E-state index < -0.39 is 14.9 Å². The summed E-state index contributed by atoms with van der Waals surface area (Å²) in [6.45, 7) is 6.24. The molecule has 0 atom stereocenters. The minimum atomic E-state index is -2.19. The lowest BCUT2D eigenvalue weighted by Gasteiger charge is -2.22. The number of nitrogens with zero attached hydrogens (tertiary/aromatic N) is 2. The summed E-state index contributed by atoms with van der Waals surface area (Å²) in [7, 11) is -1.79. The van der Waals surface area contributed by atoms with Crippen LogP contribution in [0.5, 0.6) is 0 Å². The molecule has 3 heteroatoms. The zero-order valence-electron chi connectivity index (χ0n) is 14.3. The van der Waals surface area contributed by atoms with Crippen LogP contribution < -0.4 is 5.19 Å². The molecule has 0 aliphatic rings. The maximum absolute atomic E-state index is 7.83. The van der Waals surface area contributed by atoms with Crippen molar-refractivity contribution < 1.29 is 4.11 Å². The molecule has 2 nitrogen and oxygen atoms in total. The monoisotopic (exact) mass is 259 g/mol. The van der Waals surface area contributed by atoms with E-state index in [-0.39, 0.29) is 5.69 Å². The first-order chi connectivity index (χ1) is 9.60. The molecule has 0 bridgehead atoms. The van der Waals surface area contributed by atoms with E-state index in [0.29, 0.717) is 5.69 Å². The second-order valence-corrected chi connectivity index (χ2v) is 10.5. The molecule has 0 saturated heterocycles. The van der Waals surface area contributed by atoms with E-state index in [1.54, 1.807) is 12.4 Å². The lowest BCUT2D eigenvalue weighted by molar-refractivity contribution is 1.19. The van der Waals surface area contributed by atoms with Crippen LogP contribution >= 0.6 is 0 Å². The van der Waals surface area contributed by atoms with Crippen LogP contribution in [0.3, 0.4) is 0 Å². The molecule has 2 rings (SSSR count). The van der Waals surface area contributed by atoms with Crippen molar-refractivity contribution in [3.8, 4) is 11.3 Å². The summed E-state index contributed by atoms with van der Waals surface area (Å²) in [5.41, 5.74) is 2.86. The predicted octanol–water partition coefficient (Wildman–Crippen LogP) is 3.31. The zero-order valence-corrected chi connectivity index (χ0v) is 12.3. The van der Waals surface area contributed by atoms with Gasteiger partial charge in [-0.15, -0.1) is 0 Å². The summed E-state index contributed by atoms with van der Waals surface area (Å²) < 4.78 is 23.5. The van der Waals surface area contributed by atoms with Gasteiger partial charge in [-0.3, -0.25) is 9.97 Å². The second kappa shape index (κ2) is 4.65. The van der Waals surface area contributed by atoms with E-state index >= 15 is 0 Å². The van der Waals surface area contributed by atoms with Crippen molar-refractivity contribution in [1.29, 1.82) is 0 Å². The highest BCUT2D eigenvalue weighted by atomic mass is 28.3. The molecule has 0 spiro atoms. The number of rotatable bonds is 2. The van der Waals surface area contributed by atoms with Crippen molar-refractivity contribution in [2.75, 3.05) is 0 Å². The van der Waals surface area contributed by atoms with Crippen LogP contribution in [0.25, 0.3) is 11.3 Å². The highest BCUT2D eigenvalue weighted by molar-refractivity contribution is 6.89. The lowest BCUT2D eigenvalue weighted by atomic mass is 10.1. The molecular formula is C15H20N2Si. The SMILES string of the molecule is [2H]C([2H])([2H])c1nc(-c2ccncc2)cc(C)c1[Si](C)(C)C. The molecule has 0 aliphatic heterocycles. The molecule has 0 aromatic carbocycles. The Morgan fingerprint density at radius 2 is 1.83 bits per heavy atom. The van der Waals surface area contributed by atoms with Gasteiger partial charge in [-0.05, 0) is 42.7 Å². The minimum Gasteiger partial charge on any atom is -0.265 e. The molecule has 94 valence electrons. The average molecular weight is 259 g/mol.